The van der Waals surface area contributed by atoms with Gasteiger partial charge in [0.1, 0.15) is 11.3 Å². The summed E-state index contributed by atoms with van der Waals surface area (Å²) < 4.78 is 39.1. The molecule has 0 fully saturated rings. The van der Waals surface area contributed by atoms with Gasteiger partial charge >= 0.3 is 0 Å². The van der Waals surface area contributed by atoms with E-state index in [1.807, 2.05) is 0 Å². The van der Waals surface area contributed by atoms with Crippen LogP contribution in [0, 0.1) is 19.7 Å². The Hall–Kier alpha value is -1.58. The number of halogens is 3. The monoisotopic (exact) mass is 225 g/mol. The Labute approximate surface area is 90.9 Å². The molecule has 1 aromatic heterocycles. The molecule has 1 nitrogen and oxygen atoms in total. The highest BCUT2D eigenvalue weighted by molar-refractivity contribution is 5.84. The van der Waals surface area contributed by atoms with Gasteiger partial charge in [0.25, 0.3) is 6.43 Å². The fraction of sp³-hybridized carbons (Fsp3) is 0.250. The first-order valence-electron chi connectivity index (χ1n) is 4.84. The van der Waals surface area contributed by atoms with Crippen LogP contribution in [0.15, 0.2) is 18.2 Å². The van der Waals surface area contributed by atoms with E-state index >= 15 is 0 Å². The summed E-state index contributed by atoms with van der Waals surface area (Å²) in [5.41, 5.74) is 0.856. The fourth-order valence-corrected chi connectivity index (χ4v) is 1.76. The van der Waals surface area contributed by atoms with Gasteiger partial charge < -0.3 is 0 Å². The SMILES string of the molecule is Cc1cc(F)c2nc(C)cc(C(F)F)c2c1. The smallest absolute Gasteiger partial charge is 0.250 e. The molecule has 0 saturated carbocycles. The second kappa shape index (κ2) is 3.77. The third-order valence-electron chi connectivity index (χ3n) is 2.41. The number of alkyl halides is 2. The molecule has 84 valence electrons. The second-order valence-corrected chi connectivity index (χ2v) is 3.80. The predicted molar refractivity (Wildman–Crippen MR) is 56.1 cm³/mol. The Morgan fingerprint density at radius 1 is 1.12 bits per heavy atom. The van der Waals surface area contributed by atoms with Crippen LogP contribution in [0.1, 0.15) is 23.2 Å². The van der Waals surface area contributed by atoms with Gasteiger partial charge in [-0.25, -0.2) is 13.2 Å². The minimum Gasteiger partial charge on any atom is -0.250 e. The number of rotatable bonds is 1. The van der Waals surface area contributed by atoms with Crippen molar-refractivity contribution in [3.8, 4) is 0 Å². The van der Waals surface area contributed by atoms with Crippen LogP contribution in [0.25, 0.3) is 10.9 Å². The third-order valence-corrected chi connectivity index (χ3v) is 2.41. The third kappa shape index (κ3) is 1.75. The molecule has 2 aromatic rings. The van der Waals surface area contributed by atoms with Crippen LogP contribution in [0.4, 0.5) is 13.2 Å². The molecular weight excluding hydrogens is 215 g/mol. The Balaban J connectivity index is 2.89. The van der Waals surface area contributed by atoms with Gasteiger partial charge in [-0.15, -0.1) is 0 Å². The Bertz CT molecular complexity index is 549. The van der Waals surface area contributed by atoms with Crippen molar-refractivity contribution in [2.45, 2.75) is 20.3 Å². The molecule has 0 atom stereocenters. The highest BCUT2D eigenvalue weighted by Crippen LogP contribution is 2.29. The Kier molecular flexibility index (Phi) is 2.58. The van der Waals surface area contributed by atoms with E-state index in [1.165, 1.54) is 18.2 Å². The number of nitrogens with zero attached hydrogens (tertiary/aromatic N) is 1. The zero-order valence-electron chi connectivity index (χ0n) is 8.89. The first kappa shape index (κ1) is 10.9. The summed E-state index contributed by atoms with van der Waals surface area (Å²) in [5, 5.41) is 0.193. The number of pyridine rings is 1. The number of hydrogen-bond donors (Lipinski definition) is 0. The summed E-state index contributed by atoms with van der Waals surface area (Å²) in [7, 11) is 0. The number of fused-ring (bicyclic) bond motifs is 1. The zero-order valence-corrected chi connectivity index (χ0v) is 8.89. The van der Waals surface area contributed by atoms with Crippen molar-refractivity contribution in [3.63, 3.8) is 0 Å². The maximum atomic E-state index is 13.6. The molecule has 0 unspecified atom stereocenters. The van der Waals surface area contributed by atoms with Gasteiger partial charge in [0.05, 0.1) is 0 Å². The maximum absolute atomic E-state index is 13.6. The topological polar surface area (TPSA) is 12.9 Å². The quantitative estimate of drug-likeness (QED) is 0.716. The average Bonchev–Trinajstić information content (AvgIpc) is 2.18. The van der Waals surface area contributed by atoms with E-state index in [1.54, 1.807) is 13.8 Å². The molecule has 0 amide bonds. The van der Waals surface area contributed by atoms with Gasteiger partial charge in [-0.1, -0.05) is 0 Å². The molecular formula is C12H10F3N. The van der Waals surface area contributed by atoms with Crippen LogP contribution in [-0.2, 0) is 0 Å². The minimum absolute atomic E-state index is 0.0147. The average molecular weight is 225 g/mol. The minimum atomic E-state index is -2.62. The van der Waals surface area contributed by atoms with Crippen molar-refractivity contribution in [1.82, 2.24) is 4.98 Å². The molecule has 0 aliphatic heterocycles. The van der Waals surface area contributed by atoms with Crippen LogP contribution < -0.4 is 0 Å². The second-order valence-electron chi connectivity index (χ2n) is 3.80. The van der Waals surface area contributed by atoms with Gasteiger partial charge in [0.15, 0.2) is 0 Å². The summed E-state index contributed by atoms with van der Waals surface area (Å²) in [6, 6.07) is 4.13. The molecule has 2 rings (SSSR count). The lowest BCUT2D eigenvalue weighted by Gasteiger charge is -2.08. The summed E-state index contributed by atoms with van der Waals surface area (Å²) in [6.07, 6.45) is -2.62. The van der Waals surface area contributed by atoms with Gasteiger partial charge in [-0.2, -0.15) is 0 Å². The Morgan fingerprint density at radius 3 is 2.44 bits per heavy atom. The summed E-state index contributed by atoms with van der Waals surface area (Å²) in [6.45, 7) is 3.24. The lowest BCUT2D eigenvalue weighted by Crippen LogP contribution is -1.95. The molecule has 0 saturated heterocycles. The van der Waals surface area contributed by atoms with Crippen LogP contribution in [-0.4, -0.2) is 4.98 Å². The van der Waals surface area contributed by atoms with Crippen LogP contribution in [0.5, 0.6) is 0 Å². The fourth-order valence-electron chi connectivity index (χ4n) is 1.76. The van der Waals surface area contributed by atoms with E-state index < -0.39 is 12.2 Å². The maximum Gasteiger partial charge on any atom is 0.264 e. The summed E-state index contributed by atoms with van der Waals surface area (Å²) in [5.74, 6) is -0.555. The molecule has 0 radical (unpaired) electrons. The van der Waals surface area contributed by atoms with Gasteiger partial charge in [0, 0.05) is 16.6 Å². The van der Waals surface area contributed by atoms with Crippen LogP contribution in [0.2, 0.25) is 0 Å². The first-order valence-corrected chi connectivity index (χ1v) is 4.84. The van der Waals surface area contributed by atoms with E-state index in [-0.39, 0.29) is 16.5 Å². The van der Waals surface area contributed by atoms with Crippen molar-refractivity contribution in [2.75, 3.05) is 0 Å². The van der Waals surface area contributed by atoms with Crippen LogP contribution in [0.3, 0.4) is 0 Å². The number of aromatic nitrogens is 1. The predicted octanol–water partition coefficient (Wildman–Crippen LogP) is 3.93. The number of hydrogen-bond acceptors (Lipinski definition) is 1. The van der Waals surface area contributed by atoms with E-state index in [9.17, 15) is 13.2 Å². The first-order chi connectivity index (χ1) is 7.49. The highest BCUT2D eigenvalue weighted by Gasteiger charge is 2.15. The van der Waals surface area contributed by atoms with Gasteiger partial charge in [-0.05, 0) is 37.6 Å². The molecule has 4 heteroatoms. The zero-order chi connectivity index (χ0) is 11.9. The molecule has 0 N–H and O–H groups in total. The Morgan fingerprint density at radius 2 is 1.81 bits per heavy atom. The van der Waals surface area contributed by atoms with E-state index in [4.69, 9.17) is 0 Å². The molecule has 1 heterocycles. The lowest BCUT2D eigenvalue weighted by molar-refractivity contribution is 0.153. The molecule has 0 bridgehead atoms. The van der Waals surface area contributed by atoms with E-state index in [0.717, 1.165) is 0 Å². The summed E-state index contributed by atoms with van der Waals surface area (Å²) >= 11 is 0. The van der Waals surface area contributed by atoms with Crippen molar-refractivity contribution < 1.29 is 13.2 Å². The van der Waals surface area contributed by atoms with Crippen LogP contribution >= 0.6 is 0 Å². The standard InChI is InChI=1S/C12H10F3N/c1-6-3-8-9(12(14)15)5-7(2)16-11(8)10(13)4-6/h3-5,12H,1-2H3. The molecule has 1 aromatic carbocycles. The van der Waals surface area contributed by atoms with Crippen molar-refractivity contribution in [3.05, 3.63) is 40.8 Å². The molecule has 0 spiro atoms. The number of aryl methyl sites for hydroxylation is 2. The highest BCUT2D eigenvalue weighted by atomic mass is 19.3. The van der Waals surface area contributed by atoms with Crippen molar-refractivity contribution >= 4 is 10.9 Å². The lowest BCUT2D eigenvalue weighted by atomic mass is 10.1. The van der Waals surface area contributed by atoms with Crippen molar-refractivity contribution in [2.24, 2.45) is 0 Å². The molecule has 16 heavy (non-hydrogen) atoms. The van der Waals surface area contributed by atoms with E-state index in [2.05, 4.69) is 4.98 Å². The largest absolute Gasteiger partial charge is 0.264 e. The molecule has 0 aliphatic rings. The van der Waals surface area contributed by atoms with E-state index in [0.29, 0.717) is 11.3 Å². The van der Waals surface area contributed by atoms with Crippen molar-refractivity contribution in [1.29, 1.82) is 0 Å². The van der Waals surface area contributed by atoms with Gasteiger partial charge in [-0.3, -0.25) is 4.98 Å². The normalized spacial score (nSPS) is 11.4. The summed E-state index contributed by atoms with van der Waals surface area (Å²) in [4.78, 5) is 3.95. The number of benzene rings is 1. The molecule has 0 aliphatic carbocycles. The van der Waals surface area contributed by atoms with Gasteiger partial charge in [0.2, 0.25) is 0 Å².